The summed E-state index contributed by atoms with van der Waals surface area (Å²) in [5.74, 6) is 3.48. The zero-order chi connectivity index (χ0) is 15.1. The molecule has 1 aromatic heterocycles. The molecule has 1 aliphatic carbocycles. The first kappa shape index (κ1) is 19.2. The maximum atomic E-state index is 4.27. The number of aryl methyl sites for hydroxylation is 1. The largest absolute Gasteiger partial charge is 0.356 e. The van der Waals surface area contributed by atoms with Crippen LogP contribution in [0.2, 0.25) is 0 Å². The fourth-order valence-corrected chi connectivity index (χ4v) is 2.95. The van der Waals surface area contributed by atoms with Gasteiger partial charge in [0.2, 0.25) is 0 Å². The monoisotopic (exact) mass is 420 g/mol. The van der Waals surface area contributed by atoms with Crippen LogP contribution in [-0.2, 0) is 13.6 Å². The van der Waals surface area contributed by atoms with Gasteiger partial charge in [0, 0.05) is 20.6 Å². The Morgan fingerprint density at radius 2 is 1.95 bits per heavy atom. The topological polar surface area (TPSA) is 67.1 Å². The highest BCUT2D eigenvalue weighted by Crippen LogP contribution is 2.29. The molecule has 22 heavy (non-hydrogen) atoms. The minimum atomic E-state index is 0. The average Bonchev–Trinajstić information content (AvgIpc) is 2.93. The molecule has 0 atom stereocenters. The number of halogens is 1. The van der Waals surface area contributed by atoms with Gasteiger partial charge in [-0.05, 0) is 24.7 Å². The molecule has 0 aromatic carbocycles. The predicted octanol–water partition coefficient (Wildman–Crippen LogP) is 2.31. The molecule has 1 fully saturated rings. The van der Waals surface area contributed by atoms with Crippen LogP contribution in [0.1, 0.15) is 44.9 Å². The SMILES string of the molecule is CCC1CCC(CNC(=NC)NCc2ncnn2C)CC1.I. The van der Waals surface area contributed by atoms with Crippen LogP contribution in [-0.4, -0.2) is 34.3 Å². The molecule has 1 aliphatic rings. The molecule has 126 valence electrons. The molecule has 0 bridgehead atoms. The Morgan fingerprint density at radius 1 is 1.27 bits per heavy atom. The van der Waals surface area contributed by atoms with Crippen molar-refractivity contribution in [1.29, 1.82) is 0 Å². The van der Waals surface area contributed by atoms with E-state index in [1.165, 1.54) is 32.1 Å². The van der Waals surface area contributed by atoms with Crippen molar-refractivity contribution in [3.8, 4) is 0 Å². The third-order valence-corrected chi connectivity index (χ3v) is 4.54. The van der Waals surface area contributed by atoms with Crippen molar-refractivity contribution in [2.24, 2.45) is 23.9 Å². The van der Waals surface area contributed by atoms with Crippen molar-refractivity contribution in [3.05, 3.63) is 12.2 Å². The van der Waals surface area contributed by atoms with Crippen molar-refractivity contribution in [2.75, 3.05) is 13.6 Å². The summed E-state index contributed by atoms with van der Waals surface area (Å²) in [5, 5.41) is 10.8. The van der Waals surface area contributed by atoms with Crippen LogP contribution in [0.4, 0.5) is 0 Å². The van der Waals surface area contributed by atoms with Gasteiger partial charge >= 0.3 is 0 Å². The normalized spacial score (nSPS) is 22.0. The molecule has 0 saturated heterocycles. The van der Waals surface area contributed by atoms with Crippen molar-refractivity contribution in [2.45, 2.75) is 45.6 Å². The summed E-state index contributed by atoms with van der Waals surface area (Å²) in [6.07, 6.45) is 8.35. The van der Waals surface area contributed by atoms with Crippen LogP contribution in [0, 0.1) is 11.8 Å². The first-order chi connectivity index (χ1) is 10.2. The van der Waals surface area contributed by atoms with E-state index >= 15 is 0 Å². The molecular weight excluding hydrogens is 391 g/mol. The van der Waals surface area contributed by atoms with Gasteiger partial charge < -0.3 is 10.6 Å². The van der Waals surface area contributed by atoms with E-state index in [1.807, 2.05) is 7.05 Å². The van der Waals surface area contributed by atoms with E-state index in [4.69, 9.17) is 0 Å². The summed E-state index contributed by atoms with van der Waals surface area (Å²) in [6, 6.07) is 0. The first-order valence-corrected chi connectivity index (χ1v) is 8.00. The molecule has 0 amide bonds. The second kappa shape index (κ2) is 10.0. The number of aliphatic imine (C=N–C) groups is 1. The fourth-order valence-electron chi connectivity index (χ4n) is 2.95. The summed E-state index contributed by atoms with van der Waals surface area (Å²) in [4.78, 5) is 8.47. The van der Waals surface area contributed by atoms with Crippen LogP contribution >= 0.6 is 24.0 Å². The second-order valence-electron chi connectivity index (χ2n) is 5.90. The third kappa shape index (κ3) is 5.73. The van der Waals surface area contributed by atoms with Crippen molar-refractivity contribution in [3.63, 3.8) is 0 Å². The summed E-state index contributed by atoms with van der Waals surface area (Å²) in [5.41, 5.74) is 0. The van der Waals surface area contributed by atoms with Crippen LogP contribution in [0.5, 0.6) is 0 Å². The Kier molecular flexibility index (Phi) is 8.74. The van der Waals surface area contributed by atoms with E-state index in [0.717, 1.165) is 30.2 Å². The molecule has 1 saturated carbocycles. The summed E-state index contributed by atoms with van der Waals surface area (Å²) < 4.78 is 1.77. The number of nitrogens with one attached hydrogen (secondary N) is 2. The number of nitrogens with zero attached hydrogens (tertiary/aromatic N) is 4. The van der Waals surface area contributed by atoms with Gasteiger partial charge in [-0.2, -0.15) is 5.10 Å². The smallest absolute Gasteiger partial charge is 0.191 e. The molecule has 0 unspecified atom stereocenters. The molecule has 1 heterocycles. The minimum Gasteiger partial charge on any atom is -0.356 e. The lowest BCUT2D eigenvalue weighted by atomic mass is 9.81. The number of rotatable bonds is 5. The molecule has 0 spiro atoms. The predicted molar refractivity (Wildman–Crippen MR) is 100 cm³/mol. The zero-order valence-electron chi connectivity index (χ0n) is 13.9. The van der Waals surface area contributed by atoms with Gasteiger partial charge in [-0.1, -0.05) is 26.2 Å². The second-order valence-corrected chi connectivity index (χ2v) is 5.90. The fraction of sp³-hybridized carbons (Fsp3) is 0.800. The highest BCUT2D eigenvalue weighted by Gasteiger charge is 2.19. The van der Waals surface area contributed by atoms with E-state index in [-0.39, 0.29) is 24.0 Å². The summed E-state index contributed by atoms with van der Waals surface area (Å²) in [6.45, 7) is 3.95. The third-order valence-electron chi connectivity index (χ3n) is 4.54. The van der Waals surface area contributed by atoms with Crippen LogP contribution in [0.25, 0.3) is 0 Å². The lowest BCUT2D eigenvalue weighted by Gasteiger charge is -2.28. The van der Waals surface area contributed by atoms with Crippen LogP contribution in [0.3, 0.4) is 0 Å². The Labute approximate surface area is 150 Å². The van der Waals surface area contributed by atoms with E-state index in [2.05, 4.69) is 32.6 Å². The average molecular weight is 420 g/mol. The van der Waals surface area contributed by atoms with Gasteiger partial charge in [0.1, 0.15) is 12.2 Å². The Morgan fingerprint density at radius 3 is 2.50 bits per heavy atom. The highest BCUT2D eigenvalue weighted by atomic mass is 127. The molecule has 0 radical (unpaired) electrons. The highest BCUT2D eigenvalue weighted by molar-refractivity contribution is 14.0. The van der Waals surface area contributed by atoms with E-state index in [9.17, 15) is 0 Å². The van der Waals surface area contributed by atoms with Gasteiger partial charge in [0.15, 0.2) is 5.96 Å². The maximum absolute atomic E-state index is 4.27. The van der Waals surface area contributed by atoms with E-state index in [0.29, 0.717) is 6.54 Å². The summed E-state index contributed by atoms with van der Waals surface area (Å²) in [7, 11) is 3.70. The van der Waals surface area contributed by atoms with E-state index in [1.54, 1.807) is 18.1 Å². The zero-order valence-corrected chi connectivity index (χ0v) is 16.2. The Hall–Kier alpha value is -0.860. The molecular formula is C15H29IN6. The first-order valence-electron chi connectivity index (χ1n) is 8.00. The van der Waals surface area contributed by atoms with Crippen LogP contribution in [0.15, 0.2) is 11.3 Å². The van der Waals surface area contributed by atoms with Crippen molar-refractivity contribution >= 4 is 29.9 Å². The van der Waals surface area contributed by atoms with Crippen LogP contribution < -0.4 is 10.6 Å². The van der Waals surface area contributed by atoms with Crippen molar-refractivity contribution in [1.82, 2.24) is 25.4 Å². The van der Waals surface area contributed by atoms with Gasteiger partial charge in [-0.25, -0.2) is 4.98 Å². The molecule has 7 heteroatoms. The van der Waals surface area contributed by atoms with E-state index < -0.39 is 0 Å². The van der Waals surface area contributed by atoms with Gasteiger partial charge in [0.25, 0.3) is 0 Å². The number of guanidine groups is 1. The molecule has 6 nitrogen and oxygen atoms in total. The Bertz CT molecular complexity index is 451. The molecule has 2 rings (SSSR count). The lowest BCUT2D eigenvalue weighted by molar-refractivity contribution is 0.269. The standard InChI is InChI=1S/C15H28N6.HI/c1-4-12-5-7-13(8-6-12)9-17-15(16-2)18-10-14-19-11-20-21(14)3;/h11-13H,4-10H2,1-3H3,(H2,16,17,18);1H. The Balaban J connectivity index is 0.00000242. The molecule has 0 aliphatic heterocycles. The number of hydrogen-bond donors (Lipinski definition) is 2. The van der Waals surface area contributed by atoms with Gasteiger partial charge in [-0.15, -0.1) is 24.0 Å². The summed E-state index contributed by atoms with van der Waals surface area (Å²) >= 11 is 0. The minimum absolute atomic E-state index is 0. The van der Waals surface area contributed by atoms with Crippen molar-refractivity contribution < 1.29 is 0 Å². The lowest BCUT2D eigenvalue weighted by Crippen LogP contribution is -2.40. The molecule has 1 aromatic rings. The molecule has 2 N–H and O–H groups in total. The number of aromatic nitrogens is 3. The quantitative estimate of drug-likeness (QED) is 0.436. The number of hydrogen-bond acceptors (Lipinski definition) is 3. The van der Waals surface area contributed by atoms with Gasteiger partial charge in [-0.3, -0.25) is 9.67 Å². The maximum Gasteiger partial charge on any atom is 0.191 e. The van der Waals surface area contributed by atoms with Gasteiger partial charge in [0.05, 0.1) is 6.54 Å².